The number of sulfonamides is 1. The number of hydrogen-bond acceptors (Lipinski definition) is 3. The van der Waals surface area contributed by atoms with Crippen molar-refractivity contribution in [1.29, 1.82) is 0 Å². The van der Waals surface area contributed by atoms with E-state index in [-0.39, 0.29) is 16.4 Å². The van der Waals surface area contributed by atoms with Crippen molar-refractivity contribution in [3.63, 3.8) is 0 Å². The van der Waals surface area contributed by atoms with Gasteiger partial charge in [-0.3, -0.25) is 0 Å². The molecule has 1 aliphatic carbocycles. The molecule has 0 aromatic heterocycles. The Morgan fingerprint density at radius 1 is 1.32 bits per heavy atom. The first-order valence-electron chi connectivity index (χ1n) is 7.80. The Morgan fingerprint density at radius 2 is 2.05 bits per heavy atom. The third kappa shape index (κ3) is 2.58. The average molecular weight is 344 g/mol. The molecule has 22 heavy (non-hydrogen) atoms. The van der Waals surface area contributed by atoms with Crippen LogP contribution in [0.15, 0.2) is 23.1 Å². The van der Waals surface area contributed by atoms with Crippen molar-refractivity contribution in [1.82, 2.24) is 4.31 Å². The summed E-state index contributed by atoms with van der Waals surface area (Å²) in [5.74, 6) is 0. The van der Waals surface area contributed by atoms with Crippen molar-refractivity contribution < 1.29 is 13.5 Å². The third-order valence-electron chi connectivity index (χ3n) is 5.27. The standard InChI is InChI=1S/C16H22ClNO3S/c1-12-13(17)5-2-6-14(12)22(20,21)18-10-4-9-16(11-18)8-3-7-15(16)19/h2,5-6,15,19H,3-4,7-11H2,1H3/t15-,16+/m1/s1. The van der Waals surface area contributed by atoms with Gasteiger partial charge in [0.2, 0.25) is 10.0 Å². The maximum absolute atomic E-state index is 13.0. The molecule has 0 unspecified atom stereocenters. The Labute approximate surface area is 137 Å². The lowest BCUT2D eigenvalue weighted by molar-refractivity contribution is 0.0127. The SMILES string of the molecule is Cc1c(Cl)cccc1S(=O)(=O)N1CCC[C@@]2(CCC[C@H]2O)C1. The number of benzene rings is 1. The van der Waals surface area contributed by atoms with Crippen LogP contribution >= 0.6 is 11.6 Å². The molecule has 1 spiro atoms. The molecule has 1 aliphatic heterocycles. The van der Waals surface area contributed by atoms with Crippen molar-refractivity contribution in [2.45, 2.75) is 50.0 Å². The van der Waals surface area contributed by atoms with Crippen LogP contribution in [-0.2, 0) is 10.0 Å². The Kier molecular flexibility index (Phi) is 4.27. The van der Waals surface area contributed by atoms with Crippen LogP contribution in [0.25, 0.3) is 0 Å². The largest absolute Gasteiger partial charge is 0.392 e. The zero-order valence-electron chi connectivity index (χ0n) is 12.8. The number of rotatable bonds is 2. The van der Waals surface area contributed by atoms with Gasteiger partial charge in [-0.25, -0.2) is 8.42 Å². The smallest absolute Gasteiger partial charge is 0.243 e. The predicted octanol–water partition coefficient (Wildman–Crippen LogP) is 2.96. The summed E-state index contributed by atoms with van der Waals surface area (Å²) in [6.45, 7) is 2.67. The lowest BCUT2D eigenvalue weighted by atomic mass is 9.77. The molecule has 1 aromatic rings. The van der Waals surface area contributed by atoms with E-state index in [0.717, 1.165) is 32.1 Å². The molecular weight excluding hydrogens is 322 g/mol. The Balaban J connectivity index is 1.94. The molecule has 1 heterocycles. The van der Waals surface area contributed by atoms with Gasteiger partial charge < -0.3 is 5.11 Å². The summed E-state index contributed by atoms with van der Waals surface area (Å²) in [6.07, 6.45) is 4.00. The number of hydrogen-bond donors (Lipinski definition) is 1. The average Bonchev–Trinajstić information content (AvgIpc) is 2.82. The molecule has 0 bridgehead atoms. The molecule has 122 valence electrons. The molecule has 2 aliphatic rings. The van der Waals surface area contributed by atoms with Crippen molar-refractivity contribution >= 4 is 21.6 Å². The predicted molar refractivity (Wildman–Crippen MR) is 86.5 cm³/mol. The Bertz CT molecular complexity index is 676. The van der Waals surface area contributed by atoms with Gasteiger partial charge in [0, 0.05) is 23.5 Å². The first-order chi connectivity index (χ1) is 10.4. The molecule has 2 atom stereocenters. The minimum Gasteiger partial charge on any atom is -0.392 e. The summed E-state index contributed by atoms with van der Waals surface area (Å²) in [5.41, 5.74) is 0.341. The van der Waals surface area contributed by atoms with Crippen molar-refractivity contribution in [3.8, 4) is 0 Å². The van der Waals surface area contributed by atoms with E-state index in [2.05, 4.69) is 0 Å². The molecule has 1 N–H and O–H groups in total. The summed E-state index contributed by atoms with van der Waals surface area (Å²) >= 11 is 6.08. The van der Waals surface area contributed by atoms with E-state index < -0.39 is 10.0 Å². The Morgan fingerprint density at radius 3 is 2.73 bits per heavy atom. The van der Waals surface area contributed by atoms with E-state index in [4.69, 9.17) is 11.6 Å². The van der Waals surface area contributed by atoms with E-state index in [1.165, 1.54) is 0 Å². The zero-order valence-corrected chi connectivity index (χ0v) is 14.3. The second-order valence-electron chi connectivity index (χ2n) is 6.58. The van der Waals surface area contributed by atoms with E-state index in [1.54, 1.807) is 29.4 Å². The monoisotopic (exact) mass is 343 g/mol. The van der Waals surface area contributed by atoms with Gasteiger partial charge in [-0.15, -0.1) is 0 Å². The fourth-order valence-corrected chi connectivity index (χ4v) is 5.98. The molecule has 4 nitrogen and oxygen atoms in total. The van der Waals surface area contributed by atoms with Gasteiger partial charge in [-0.05, 0) is 50.3 Å². The van der Waals surface area contributed by atoms with Gasteiger partial charge in [0.15, 0.2) is 0 Å². The van der Waals surface area contributed by atoms with Gasteiger partial charge in [-0.2, -0.15) is 4.31 Å². The first-order valence-corrected chi connectivity index (χ1v) is 9.62. The van der Waals surface area contributed by atoms with Crippen LogP contribution in [-0.4, -0.2) is 37.0 Å². The van der Waals surface area contributed by atoms with Crippen LogP contribution in [0.3, 0.4) is 0 Å². The van der Waals surface area contributed by atoms with Gasteiger partial charge in [0.05, 0.1) is 11.0 Å². The maximum atomic E-state index is 13.0. The molecule has 1 saturated heterocycles. The van der Waals surface area contributed by atoms with Crippen molar-refractivity contribution in [2.75, 3.05) is 13.1 Å². The highest BCUT2D eigenvalue weighted by Gasteiger charge is 2.47. The van der Waals surface area contributed by atoms with E-state index >= 15 is 0 Å². The normalized spacial score (nSPS) is 30.0. The lowest BCUT2D eigenvalue weighted by Gasteiger charge is -2.42. The number of aliphatic hydroxyl groups excluding tert-OH is 1. The minimum absolute atomic E-state index is 0.252. The summed E-state index contributed by atoms with van der Waals surface area (Å²) in [5, 5.41) is 10.8. The van der Waals surface area contributed by atoms with Gasteiger partial charge in [-0.1, -0.05) is 24.1 Å². The van der Waals surface area contributed by atoms with Gasteiger partial charge in [0.25, 0.3) is 0 Å². The van der Waals surface area contributed by atoms with Crippen LogP contribution in [0.1, 0.15) is 37.7 Å². The van der Waals surface area contributed by atoms with Crippen LogP contribution in [0, 0.1) is 12.3 Å². The molecule has 3 rings (SSSR count). The number of aliphatic hydroxyl groups is 1. The lowest BCUT2D eigenvalue weighted by Crippen LogP contribution is -2.49. The molecule has 6 heteroatoms. The highest BCUT2D eigenvalue weighted by atomic mass is 35.5. The third-order valence-corrected chi connectivity index (χ3v) is 7.67. The second kappa shape index (κ2) is 5.78. The summed E-state index contributed by atoms with van der Waals surface area (Å²) in [6, 6.07) is 4.99. The highest BCUT2D eigenvalue weighted by molar-refractivity contribution is 7.89. The van der Waals surface area contributed by atoms with Gasteiger partial charge >= 0.3 is 0 Å². The molecule has 1 aromatic carbocycles. The van der Waals surface area contributed by atoms with Crippen LogP contribution in [0.4, 0.5) is 0 Å². The molecule has 1 saturated carbocycles. The Hall–Kier alpha value is -0.620. The van der Waals surface area contributed by atoms with E-state index in [1.807, 2.05) is 0 Å². The van der Waals surface area contributed by atoms with Crippen LogP contribution in [0.5, 0.6) is 0 Å². The highest BCUT2D eigenvalue weighted by Crippen LogP contribution is 2.46. The topological polar surface area (TPSA) is 57.6 Å². The molecular formula is C16H22ClNO3S. The van der Waals surface area contributed by atoms with Crippen LogP contribution in [0.2, 0.25) is 5.02 Å². The zero-order chi connectivity index (χ0) is 16.0. The minimum atomic E-state index is -3.56. The van der Waals surface area contributed by atoms with Gasteiger partial charge in [0.1, 0.15) is 0 Å². The summed E-state index contributed by atoms with van der Waals surface area (Å²) in [7, 11) is -3.56. The molecule has 2 fully saturated rings. The first kappa shape index (κ1) is 16.2. The fourth-order valence-electron chi connectivity index (χ4n) is 3.92. The number of nitrogens with zero attached hydrogens (tertiary/aromatic N) is 1. The summed E-state index contributed by atoms with van der Waals surface area (Å²) < 4.78 is 27.5. The van der Waals surface area contributed by atoms with Crippen molar-refractivity contribution in [3.05, 3.63) is 28.8 Å². The number of piperidine rings is 1. The number of halogens is 1. The maximum Gasteiger partial charge on any atom is 0.243 e. The van der Waals surface area contributed by atoms with Crippen LogP contribution < -0.4 is 0 Å². The van der Waals surface area contributed by atoms with E-state index in [9.17, 15) is 13.5 Å². The van der Waals surface area contributed by atoms with Crippen molar-refractivity contribution in [2.24, 2.45) is 5.41 Å². The molecule has 0 amide bonds. The molecule has 0 radical (unpaired) electrons. The van der Waals surface area contributed by atoms with E-state index in [0.29, 0.717) is 23.7 Å². The second-order valence-corrected chi connectivity index (χ2v) is 8.89. The quantitative estimate of drug-likeness (QED) is 0.898. The summed E-state index contributed by atoms with van der Waals surface area (Å²) in [4.78, 5) is 0.282. The fraction of sp³-hybridized carbons (Fsp3) is 0.625.